The monoisotopic (exact) mass is 254 g/mol. The lowest BCUT2D eigenvalue weighted by Crippen LogP contribution is -2.48. The molecule has 1 fully saturated rings. The molecule has 2 N–H and O–H groups in total. The zero-order valence-electron chi connectivity index (χ0n) is 8.94. The first kappa shape index (κ1) is 11.7. The molecule has 1 amide bonds. The molecule has 0 atom stereocenters. The van der Waals surface area contributed by atoms with Crippen molar-refractivity contribution in [3.05, 3.63) is 28.8 Å². The second kappa shape index (κ2) is 4.63. The summed E-state index contributed by atoms with van der Waals surface area (Å²) in [5, 5.41) is 12.2. The summed E-state index contributed by atoms with van der Waals surface area (Å²) in [4.78, 5) is 24.1. The summed E-state index contributed by atoms with van der Waals surface area (Å²) in [6.07, 6.45) is 0. The zero-order valence-corrected chi connectivity index (χ0v) is 9.70. The number of halogens is 1. The predicted molar refractivity (Wildman–Crippen MR) is 63.6 cm³/mol. The van der Waals surface area contributed by atoms with Crippen LogP contribution < -0.4 is 10.2 Å². The van der Waals surface area contributed by atoms with E-state index in [0.29, 0.717) is 23.8 Å². The van der Waals surface area contributed by atoms with Gasteiger partial charge in [0, 0.05) is 18.1 Å². The highest BCUT2D eigenvalue weighted by atomic mass is 35.5. The van der Waals surface area contributed by atoms with Crippen LogP contribution >= 0.6 is 11.6 Å². The molecule has 0 unspecified atom stereocenters. The first-order valence-corrected chi connectivity index (χ1v) is 5.50. The lowest BCUT2D eigenvalue weighted by atomic mass is 10.1. The van der Waals surface area contributed by atoms with Crippen LogP contribution in [0.3, 0.4) is 0 Å². The highest BCUT2D eigenvalue weighted by Gasteiger charge is 2.21. The van der Waals surface area contributed by atoms with Crippen LogP contribution in [-0.2, 0) is 4.79 Å². The summed E-state index contributed by atoms with van der Waals surface area (Å²) in [7, 11) is 0. The number of carbonyl (C=O) groups excluding carboxylic acids is 1. The van der Waals surface area contributed by atoms with Gasteiger partial charge in [-0.3, -0.25) is 4.79 Å². The van der Waals surface area contributed by atoms with Gasteiger partial charge < -0.3 is 15.3 Å². The Morgan fingerprint density at radius 2 is 2.24 bits per heavy atom. The predicted octanol–water partition coefficient (Wildman–Crippen LogP) is 0.974. The molecule has 0 bridgehead atoms. The largest absolute Gasteiger partial charge is 0.478 e. The van der Waals surface area contributed by atoms with E-state index >= 15 is 0 Å². The van der Waals surface area contributed by atoms with Crippen LogP contribution in [0.5, 0.6) is 0 Å². The number of nitrogens with zero attached hydrogens (tertiary/aromatic N) is 1. The smallest absolute Gasteiger partial charge is 0.337 e. The average Bonchev–Trinajstić information content (AvgIpc) is 2.28. The number of amides is 1. The second-order valence-corrected chi connectivity index (χ2v) is 4.17. The van der Waals surface area contributed by atoms with Gasteiger partial charge in [0.1, 0.15) is 0 Å². The number of carboxylic acid groups (broad SMARTS) is 1. The maximum Gasteiger partial charge on any atom is 0.337 e. The van der Waals surface area contributed by atoms with Gasteiger partial charge >= 0.3 is 5.97 Å². The number of nitrogens with one attached hydrogen (secondary N) is 1. The van der Waals surface area contributed by atoms with Crippen molar-refractivity contribution in [3.63, 3.8) is 0 Å². The Morgan fingerprint density at radius 1 is 1.47 bits per heavy atom. The Labute approximate surface area is 103 Å². The Hall–Kier alpha value is -1.75. The van der Waals surface area contributed by atoms with Crippen molar-refractivity contribution in [1.29, 1.82) is 0 Å². The highest BCUT2D eigenvalue weighted by Crippen LogP contribution is 2.25. The van der Waals surface area contributed by atoms with Crippen LogP contribution in [0.1, 0.15) is 10.4 Å². The molecular formula is C11H11ClN2O3. The topological polar surface area (TPSA) is 69.6 Å². The van der Waals surface area contributed by atoms with Gasteiger partial charge in [0.25, 0.3) is 0 Å². The van der Waals surface area contributed by atoms with Gasteiger partial charge in [0.15, 0.2) is 0 Å². The minimum Gasteiger partial charge on any atom is -0.478 e. The minimum atomic E-state index is -1.03. The molecule has 0 radical (unpaired) electrons. The molecule has 0 saturated carbocycles. The van der Waals surface area contributed by atoms with Crippen LogP contribution in [0.15, 0.2) is 18.2 Å². The van der Waals surface area contributed by atoms with Gasteiger partial charge in [-0.1, -0.05) is 11.6 Å². The van der Waals surface area contributed by atoms with Gasteiger partial charge in [-0.05, 0) is 18.2 Å². The molecule has 5 nitrogen and oxygen atoms in total. The van der Waals surface area contributed by atoms with Crippen LogP contribution in [0.4, 0.5) is 5.69 Å². The van der Waals surface area contributed by atoms with Gasteiger partial charge in [-0.15, -0.1) is 0 Å². The van der Waals surface area contributed by atoms with Crippen molar-refractivity contribution in [2.24, 2.45) is 0 Å². The molecule has 0 spiro atoms. The molecule has 1 aromatic rings. The van der Waals surface area contributed by atoms with Gasteiger partial charge in [-0.25, -0.2) is 4.79 Å². The first-order valence-electron chi connectivity index (χ1n) is 5.12. The van der Waals surface area contributed by atoms with Crippen molar-refractivity contribution >= 4 is 29.2 Å². The van der Waals surface area contributed by atoms with E-state index in [0.717, 1.165) is 0 Å². The molecule has 17 heavy (non-hydrogen) atoms. The lowest BCUT2D eigenvalue weighted by molar-refractivity contribution is -0.120. The fraction of sp³-hybridized carbons (Fsp3) is 0.273. The summed E-state index contributed by atoms with van der Waals surface area (Å²) in [5.41, 5.74) is 0.643. The molecule has 0 aromatic heterocycles. The van der Waals surface area contributed by atoms with E-state index in [1.54, 1.807) is 11.0 Å². The highest BCUT2D eigenvalue weighted by molar-refractivity contribution is 6.31. The van der Waals surface area contributed by atoms with Crippen LogP contribution in [0.25, 0.3) is 0 Å². The van der Waals surface area contributed by atoms with E-state index in [-0.39, 0.29) is 18.0 Å². The number of hydrogen-bond donors (Lipinski definition) is 2. The second-order valence-electron chi connectivity index (χ2n) is 3.74. The van der Waals surface area contributed by atoms with Crippen LogP contribution in [0.2, 0.25) is 5.02 Å². The Bertz CT molecular complexity index is 476. The fourth-order valence-corrected chi connectivity index (χ4v) is 1.96. The van der Waals surface area contributed by atoms with Gasteiger partial charge in [0.2, 0.25) is 5.91 Å². The van der Waals surface area contributed by atoms with E-state index < -0.39 is 5.97 Å². The molecule has 90 valence electrons. The number of piperazine rings is 1. The maximum absolute atomic E-state index is 11.3. The Balaban J connectivity index is 2.38. The summed E-state index contributed by atoms with van der Waals surface area (Å²) in [6.45, 7) is 1.23. The van der Waals surface area contributed by atoms with E-state index in [2.05, 4.69) is 5.32 Å². The summed E-state index contributed by atoms with van der Waals surface area (Å²) < 4.78 is 0. The van der Waals surface area contributed by atoms with Crippen molar-refractivity contribution < 1.29 is 14.7 Å². The number of carbonyl (C=O) groups is 2. The van der Waals surface area contributed by atoms with Crippen molar-refractivity contribution in [3.8, 4) is 0 Å². The van der Waals surface area contributed by atoms with Crippen molar-refractivity contribution in [2.75, 3.05) is 24.5 Å². The van der Waals surface area contributed by atoms with Gasteiger partial charge in [0.05, 0.1) is 17.8 Å². The number of benzene rings is 1. The molecule has 1 heterocycles. The van der Waals surface area contributed by atoms with E-state index in [9.17, 15) is 9.59 Å². The number of aromatic carboxylic acids is 1. The van der Waals surface area contributed by atoms with E-state index in [4.69, 9.17) is 16.7 Å². The number of anilines is 1. The molecule has 1 aliphatic rings. The lowest BCUT2D eigenvalue weighted by Gasteiger charge is -2.29. The van der Waals surface area contributed by atoms with E-state index in [1.807, 2.05) is 0 Å². The number of hydrogen-bond acceptors (Lipinski definition) is 3. The Morgan fingerprint density at radius 3 is 2.88 bits per heavy atom. The SMILES string of the molecule is O=C1CN(c2cc(Cl)ccc2C(=O)O)CCN1. The van der Waals surface area contributed by atoms with E-state index in [1.165, 1.54) is 12.1 Å². The van der Waals surface area contributed by atoms with Crippen LogP contribution in [0, 0.1) is 0 Å². The summed E-state index contributed by atoms with van der Waals surface area (Å²) in [6, 6.07) is 4.55. The zero-order chi connectivity index (χ0) is 12.4. The van der Waals surface area contributed by atoms with Crippen LogP contribution in [-0.4, -0.2) is 36.6 Å². The molecule has 1 saturated heterocycles. The number of carboxylic acids is 1. The third-order valence-corrected chi connectivity index (χ3v) is 2.80. The molecule has 1 aliphatic heterocycles. The summed E-state index contributed by atoms with van der Waals surface area (Å²) >= 11 is 5.86. The third kappa shape index (κ3) is 2.50. The third-order valence-electron chi connectivity index (χ3n) is 2.57. The summed E-state index contributed by atoms with van der Waals surface area (Å²) in [5.74, 6) is -1.14. The average molecular weight is 255 g/mol. The van der Waals surface area contributed by atoms with Crippen molar-refractivity contribution in [2.45, 2.75) is 0 Å². The minimum absolute atomic E-state index is 0.118. The standard InChI is InChI=1S/C11H11ClN2O3/c12-7-1-2-8(11(16)17)9(5-7)14-4-3-13-10(15)6-14/h1-2,5H,3-4,6H2,(H,13,15)(H,16,17). The normalized spacial score (nSPS) is 15.6. The Kier molecular flexibility index (Phi) is 3.19. The number of rotatable bonds is 2. The van der Waals surface area contributed by atoms with Crippen molar-refractivity contribution in [1.82, 2.24) is 5.32 Å². The molecule has 0 aliphatic carbocycles. The molecule has 6 heteroatoms. The first-order chi connectivity index (χ1) is 8.08. The molecule has 2 rings (SSSR count). The fourth-order valence-electron chi connectivity index (χ4n) is 1.79. The quantitative estimate of drug-likeness (QED) is 0.825. The maximum atomic E-state index is 11.3. The molecular weight excluding hydrogens is 244 g/mol. The molecule has 1 aromatic carbocycles. The van der Waals surface area contributed by atoms with Gasteiger partial charge in [-0.2, -0.15) is 0 Å².